The first-order valence-corrected chi connectivity index (χ1v) is 11.5. The molecule has 0 spiro atoms. The molecule has 0 aromatic heterocycles. The highest BCUT2D eigenvalue weighted by Gasteiger charge is 2.28. The second kappa shape index (κ2) is 8.63. The summed E-state index contributed by atoms with van der Waals surface area (Å²) < 4.78 is 26.9. The predicted octanol–water partition coefficient (Wildman–Crippen LogP) is 3.02. The van der Waals surface area contributed by atoms with E-state index >= 15 is 0 Å². The first-order valence-electron chi connectivity index (χ1n) is 9.92. The Hall–Kier alpha value is -2.25. The number of β-amino-alcohol motifs (C(OH)–C–C–N with tert-alkyl or cyclic N) is 1. The first kappa shape index (κ1) is 20.0. The Morgan fingerprint density at radius 2 is 1.48 bits per heavy atom. The Balaban J connectivity index is 1.34. The molecule has 3 aromatic carbocycles. The van der Waals surface area contributed by atoms with E-state index < -0.39 is 16.1 Å². The third kappa shape index (κ3) is 4.85. The molecule has 0 saturated carbocycles. The van der Waals surface area contributed by atoms with E-state index in [9.17, 15) is 13.5 Å². The molecule has 1 fully saturated rings. The van der Waals surface area contributed by atoms with Crippen molar-refractivity contribution in [2.75, 3.05) is 32.7 Å². The Labute approximate surface area is 172 Å². The van der Waals surface area contributed by atoms with Crippen LogP contribution in [0, 0.1) is 0 Å². The molecule has 4 rings (SSSR count). The van der Waals surface area contributed by atoms with Gasteiger partial charge in [-0.25, -0.2) is 8.42 Å². The van der Waals surface area contributed by atoms with E-state index in [2.05, 4.69) is 11.0 Å². The third-order valence-electron chi connectivity index (χ3n) is 5.51. The lowest BCUT2D eigenvalue weighted by atomic mass is 10.0. The highest BCUT2D eigenvalue weighted by atomic mass is 32.2. The molecular formula is C23H26N2O3S. The van der Waals surface area contributed by atoms with Crippen molar-refractivity contribution in [2.24, 2.45) is 0 Å². The Morgan fingerprint density at radius 3 is 2.21 bits per heavy atom. The summed E-state index contributed by atoms with van der Waals surface area (Å²) in [5.41, 5.74) is 1.70. The second-order valence-electron chi connectivity index (χ2n) is 7.56. The molecule has 0 amide bonds. The maximum absolute atomic E-state index is 12.7. The van der Waals surface area contributed by atoms with Gasteiger partial charge in [-0.15, -0.1) is 0 Å². The lowest BCUT2D eigenvalue weighted by molar-refractivity contribution is 0.0922. The van der Waals surface area contributed by atoms with Gasteiger partial charge in [0.15, 0.2) is 0 Å². The zero-order chi connectivity index (χ0) is 20.3. The van der Waals surface area contributed by atoms with Crippen LogP contribution in [0.25, 0.3) is 10.8 Å². The molecule has 1 N–H and O–H groups in total. The monoisotopic (exact) mass is 410 g/mol. The van der Waals surface area contributed by atoms with Crippen molar-refractivity contribution in [3.05, 3.63) is 83.9 Å². The van der Waals surface area contributed by atoms with E-state index in [0.29, 0.717) is 32.7 Å². The van der Waals surface area contributed by atoms with Gasteiger partial charge in [0.2, 0.25) is 10.0 Å². The summed E-state index contributed by atoms with van der Waals surface area (Å²) in [7, 11) is -3.32. The van der Waals surface area contributed by atoms with Crippen LogP contribution in [-0.2, 0) is 15.8 Å². The maximum atomic E-state index is 12.7. The van der Waals surface area contributed by atoms with E-state index in [-0.39, 0.29) is 5.75 Å². The van der Waals surface area contributed by atoms with Gasteiger partial charge in [-0.2, -0.15) is 4.31 Å². The van der Waals surface area contributed by atoms with Crippen molar-refractivity contribution < 1.29 is 13.5 Å². The van der Waals surface area contributed by atoms with Crippen LogP contribution in [0.15, 0.2) is 72.8 Å². The van der Waals surface area contributed by atoms with Gasteiger partial charge in [0.25, 0.3) is 0 Å². The van der Waals surface area contributed by atoms with Crippen molar-refractivity contribution >= 4 is 20.8 Å². The average molecular weight is 411 g/mol. The van der Waals surface area contributed by atoms with Gasteiger partial charge in [-0.1, -0.05) is 66.7 Å². The van der Waals surface area contributed by atoms with Gasteiger partial charge in [-0.05, 0) is 28.0 Å². The van der Waals surface area contributed by atoms with Gasteiger partial charge in [0.1, 0.15) is 0 Å². The number of aliphatic hydroxyl groups excluding tert-OH is 1. The largest absolute Gasteiger partial charge is 0.387 e. The molecule has 1 unspecified atom stereocenters. The summed E-state index contributed by atoms with van der Waals surface area (Å²) in [4.78, 5) is 2.13. The fourth-order valence-electron chi connectivity index (χ4n) is 3.83. The number of fused-ring (bicyclic) bond motifs is 1. The van der Waals surface area contributed by atoms with Crippen LogP contribution >= 0.6 is 0 Å². The minimum absolute atomic E-state index is 0.0353. The summed E-state index contributed by atoms with van der Waals surface area (Å²) in [5, 5.41) is 12.9. The summed E-state index contributed by atoms with van der Waals surface area (Å²) in [6.07, 6.45) is -0.591. The van der Waals surface area contributed by atoms with E-state index in [1.54, 1.807) is 4.31 Å². The SMILES string of the molecule is O=S(=O)(Cc1ccccc1)N1CCN(CC(O)c2ccc3ccccc3c2)CC1. The summed E-state index contributed by atoms with van der Waals surface area (Å²) in [5.74, 6) is 0.0353. The zero-order valence-corrected chi connectivity index (χ0v) is 17.1. The van der Waals surface area contributed by atoms with E-state index in [1.165, 1.54) is 0 Å². The van der Waals surface area contributed by atoms with Crippen molar-refractivity contribution in [3.8, 4) is 0 Å². The molecule has 1 aliphatic heterocycles. The highest BCUT2D eigenvalue weighted by Crippen LogP contribution is 2.22. The van der Waals surface area contributed by atoms with Crippen molar-refractivity contribution in [1.29, 1.82) is 0 Å². The molecular weight excluding hydrogens is 384 g/mol. The van der Waals surface area contributed by atoms with Crippen LogP contribution in [0.4, 0.5) is 0 Å². The van der Waals surface area contributed by atoms with Gasteiger partial charge in [0, 0.05) is 32.7 Å². The Kier molecular flexibility index (Phi) is 5.96. The van der Waals surface area contributed by atoms with Crippen LogP contribution in [0.3, 0.4) is 0 Å². The Morgan fingerprint density at radius 1 is 0.828 bits per heavy atom. The molecule has 0 aliphatic carbocycles. The minimum Gasteiger partial charge on any atom is -0.387 e. The lowest BCUT2D eigenvalue weighted by Crippen LogP contribution is -2.49. The number of benzene rings is 3. The zero-order valence-electron chi connectivity index (χ0n) is 16.3. The number of sulfonamides is 1. The molecule has 0 radical (unpaired) electrons. The number of rotatable bonds is 6. The van der Waals surface area contributed by atoms with E-state index in [1.807, 2.05) is 66.7 Å². The van der Waals surface area contributed by atoms with Crippen molar-refractivity contribution in [1.82, 2.24) is 9.21 Å². The average Bonchev–Trinajstić information content (AvgIpc) is 2.74. The Bertz CT molecular complexity index is 1060. The van der Waals surface area contributed by atoms with E-state index in [0.717, 1.165) is 21.9 Å². The van der Waals surface area contributed by atoms with Crippen molar-refractivity contribution in [3.63, 3.8) is 0 Å². The standard InChI is InChI=1S/C23H26N2O3S/c26-23(22-11-10-20-8-4-5-9-21(20)16-22)17-24-12-14-25(15-13-24)29(27,28)18-19-6-2-1-3-7-19/h1-11,16,23,26H,12-15,17-18H2. The second-order valence-corrected chi connectivity index (χ2v) is 9.53. The van der Waals surface area contributed by atoms with Gasteiger partial charge >= 0.3 is 0 Å². The third-order valence-corrected chi connectivity index (χ3v) is 7.36. The number of hydrogen-bond acceptors (Lipinski definition) is 4. The topological polar surface area (TPSA) is 60.9 Å². The number of aliphatic hydroxyl groups is 1. The fourth-order valence-corrected chi connectivity index (χ4v) is 5.35. The van der Waals surface area contributed by atoms with E-state index in [4.69, 9.17) is 0 Å². The first-order chi connectivity index (χ1) is 14.0. The normalized spacial score (nSPS) is 17.4. The molecule has 3 aromatic rings. The highest BCUT2D eigenvalue weighted by molar-refractivity contribution is 7.88. The molecule has 1 saturated heterocycles. The number of piperazine rings is 1. The van der Waals surface area contributed by atoms with Crippen LogP contribution < -0.4 is 0 Å². The maximum Gasteiger partial charge on any atom is 0.218 e. The molecule has 0 bridgehead atoms. The molecule has 1 atom stereocenters. The smallest absolute Gasteiger partial charge is 0.218 e. The molecule has 152 valence electrons. The molecule has 1 aliphatic rings. The lowest BCUT2D eigenvalue weighted by Gasteiger charge is -2.35. The van der Waals surface area contributed by atoms with Crippen LogP contribution in [0.1, 0.15) is 17.2 Å². The quantitative estimate of drug-likeness (QED) is 0.679. The molecule has 5 nitrogen and oxygen atoms in total. The van der Waals surface area contributed by atoms with Crippen LogP contribution in [0.5, 0.6) is 0 Å². The van der Waals surface area contributed by atoms with Crippen LogP contribution in [-0.4, -0.2) is 55.5 Å². The number of nitrogens with zero attached hydrogens (tertiary/aromatic N) is 2. The summed E-state index contributed by atoms with van der Waals surface area (Å²) >= 11 is 0. The van der Waals surface area contributed by atoms with Gasteiger partial charge < -0.3 is 5.11 Å². The predicted molar refractivity (Wildman–Crippen MR) is 116 cm³/mol. The molecule has 6 heteroatoms. The molecule has 29 heavy (non-hydrogen) atoms. The summed E-state index contributed by atoms with van der Waals surface area (Å²) in [6.45, 7) is 2.67. The van der Waals surface area contributed by atoms with Crippen LogP contribution in [0.2, 0.25) is 0 Å². The number of hydrogen-bond donors (Lipinski definition) is 1. The molecule has 1 heterocycles. The van der Waals surface area contributed by atoms with Gasteiger partial charge in [0.05, 0.1) is 11.9 Å². The minimum atomic E-state index is -3.32. The summed E-state index contributed by atoms with van der Waals surface area (Å²) in [6, 6.07) is 23.4. The van der Waals surface area contributed by atoms with Crippen molar-refractivity contribution in [2.45, 2.75) is 11.9 Å². The fraction of sp³-hybridized carbons (Fsp3) is 0.304. The van der Waals surface area contributed by atoms with Gasteiger partial charge in [-0.3, -0.25) is 4.90 Å².